The monoisotopic (exact) mass is 371 g/mol. The summed E-state index contributed by atoms with van der Waals surface area (Å²) < 4.78 is 16.0. The molecule has 3 aromatic rings. The lowest BCUT2D eigenvalue weighted by atomic mass is 10.2. The third-order valence-corrected chi connectivity index (χ3v) is 3.88. The van der Waals surface area contributed by atoms with Gasteiger partial charge in [-0.05, 0) is 30.3 Å². The molecule has 8 nitrogen and oxygen atoms in total. The number of aromatic nitrogens is 2. The van der Waals surface area contributed by atoms with Gasteiger partial charge >= 0.3 is 0 Å². The van der Waals surface area contributed by atoms with Crippen molar-refractivity contribution in [2.75, 3.05) is 33.5 Å². The van der Waals surface area contributed by atoms with Crippen molar-refractivity contribution in [1.29, 1.82) is 0 Å². The van der Waals surface area contributed by atoms with Crippen LogP contribution in [0, 0.1) is 0 Å². The average Bonchev–Trinajstić information content (AvgIpc) is 3.13. The minimum absolute atomic E-state index is 0.339. The van der Waals surface area contributed by atoms with Crippen LogP contribution in [-0.4, -0.2) is 54.6 Å². The molecule has 0 aliphatic heterocycles. The summed E-state index contributed by atoms with van der Waals surface area (Å²) >= 11 is 0. The number of H-pyrrole nitrogens is 1. The van der Waals surface area contributed by atoms with Crippen molar-refractivity contribution in [3.63, 3.8) is 0 Å². The molecule has 0 saturated carbocycles. The van der Waals surface area contributed by atoms with Gasteiger partial charge in [-0.1, -0.05) is 12.1 Å². The zero-order chi connectivity index (χ0) is 19.1. The van der Waals surface area contributed by atoms with Crippen molar-refractivity contribution in [2.45, 2.75) is 0 Å². The van der Waals surface area contributed by atoms with E-state index in [0.717, 1.165) is 11.1 Å². The number of methoxy groups -OCH3 is 1. The van der Waals surface area contributed by atoms with Gasteiger partial charge in [0.2, 0.25) is 0 Å². The zero-order valence-corrected chi connectivity index (χ0v) is 14.9. The highest BCUT2D eigenvalue weighted by Crippen LogP contribution is 2.24. The van der Waals surface area contributed by atoms with Crippen LogP contribution >= 0.6 is 0 Å². The van der Waals surface area contributed by atoms with E-state index in [-0.39, 0.29) is 0 Å². The molecular weight excluding hydrogens is 350 g/mol. The van der Waals surface area contributed by atoms with Gasteiger partial charge in [-0.2, -0.15) is 0 Å². The van der Waals surface area contributed by atoms with Crippen LogP contribution in [0.2, 0.25) is 0 Å². The van der Waals surface area contributed by atoms with Crippen LogP contribution in [0.5, 0.6) is 5.75 Å². The molecule has 0 fully saturated rings. The molecule has 0 atom stereocenters. The van der Waals surface area contributed by atoms with Crippen LogP contribution < -0.4 is 10.2 Å². The van der Waals surface area contributed by atoms with Crippen LogP contribution in [0.4, 0.5) is 0 Å². The van der Waals surface area contributed by atoms with E-state index >= 15 is 0 Å². The number of hydrogen-bond acceptors (Lipinski definition) is 6. The van der Waals surface area contributed by atoms with Crippen LogP contribution in [0.15, 0.2) is 42.5 Å². The lowest BCUT2D eigenvalue weighted by Crippen LogP contribution is -2.18. The van der Waals surface area contributed by atoms with E-state index in [9.17, 15) is 4.79 Å². The summed E-state index contributed by atoms with van der Waals surface area (Å²) in [6.07, 6.45) is 0. The van der Waals surface area contributed by atoms with Crippen molar-refractivity contribution in [2.24, 2.45) is 0 Å². The first-order chi connectivity index (χ1) is 13.2. The van der Waals surface area contributed by atoms with Crippen molar-refractivity contribution >= 4 is 16.9 Å². The maximum Gasteiger partial charge on any atom is 0.274 e. The summed E-state index contributed by atoms with van der Waals surface area (Å²) in [4.78, 5) is 19.3. The predicted octanol–water partition coefficient (Wildman–Crippen LogP) is 2.39. The topological polar surface area (TPSA) is 106 Å². The number of imidazole rings is 1. The van der Waals surface area contributed by atoms with Crippen molar-refractivity contribution in [3.05, 3.63) is 48.0 Å². The average molecular weight is 371 g/mol. The third-order valence-electron chi connectivity index (χ3n) is 3.88. The maximum atomic E-state index is 11.5. The Balaban J connectivity index is 1.69. The second-order valence-electron chi connectivity index (χ2n) is 5.74. The van der Waals surface area contributed by atoms with Gasteiger partial charge in [-0.3, -0.25) is 10.0 Å². The van der Waals surface area contributed by atoms with Crippen LogP contribution in [0.3, 0.4) is 0 Å². The highest BCUT2D eigenvalue weighted by molar-refractivity contribution is 5.97. The number of carbonyl (C=O) groups excluding carboxylic acids is 1. The number of hydroxylamine groups is 1. The summed E-state index contributed by atoms with van der Waals surface area (Å²) in [5, 5.41) is 8.75. The number of rotatable bonds is 9. The highest BCUT2D eigenvalue weighted by Gasteiger charge is 2.10. The fraction of sp³-hybridized carbons (Fsp3) is 0.263. The summed E-state index contributed by atoms with van der Waals surface area (Å²) in [6, 6.07) is 12.5. The van der Waals surface area contributed by atoms with E-state index in [4.69, 9.17) is 19.4 Å². The van der Waals surface area contributed by atoms with E-state index in [1.54, 1.807) is 30.8 Å². The summed E-state index contributed by atoms with van der Waals surface area (Å²) in [5.74, 6) is 0.799. The number of nitrogens with zero attached hydrogens (tertiary/aromatic N) is 1. The Morgan fingerprint density at radius 3 is 2.81 bits per heavy atom. The van der Waals surface area contributed by atoms with Gasteiger partial charge in [-0.25, -0.2) is 10.5 Å². The predicted molar refractivity (Wildman–Crippen MR) is 99.0 cm³/mol. The van der Waals surface area contributed by atoms with Crippen LogP contribution in [0.1, 0.15) is 10.4 Å². The second-order valence-corrected chi connectivity index (χ2v) is 5.74. The molecule has 1 aromatic heterocycles. The van der Waals surface area contributed by atoms with E-state index in [1.807, 2.05) is 24.3 Å². The van der Waals surface area contributed by atoms with Gasteiger partial charge < -0.3 is 19.2 Å². The number of hydrogen-bond donors (Lipinski definition) is 3. The first-order valence-electron chi connectivity index (χ1n) is 8.45. The summed E-state index contributed by atoms with van der Waals surface area (Å²) in [6.45, 7) is 2.01. The molecule has 0 aliphatic carbocycles. The Hall–Kier alpha value is -2.94. The van der Waals surface area contributed by atoms with Gasteiger partial charge in [0.25, 0.3) is 5.91 Å². The lowest BCUT2D eigenvalue weighted by molar-refractivity contribution is 0.0544. The quantitative estimate of drug-likeness (QED) is 0.303. The molecule has 0 bridgehead atoms. The molecule has 3 N–H and O–H groups in total. The van der Waals surface area contributed by atoms with Gasteiger partial charge in [0.05, 0.1) is 30.9 Å². The number of amides is 1. The Kier molecular flexibility index (Phi) is 6.37. The smallest absolute Gasteiger partial charge is 0.274 e. The Morgan fingerprint density at radius 1 is 1.15 bits per heavy atom. The van der Waals surface area contributed by atoms with Gasteiger partial charge in [0.15, 0.2) is 0 Å². The minimum atomic E-state index is -0.573. The molecule has 142 valence electrons. The number of carbonyl (C=O) groups is 1. The molecule has 0 aliphatic rings. The molecule has 0 saturated heterocycles. The minimum Gasteiger partial charge on any atom is -0.491 e. The molecule has 0 spiro atoms. The van der Waals surface area contributed by atoms with E-state index in [2.05, 4.69) is 9.97 Å². The van der Waals surface area contributed by atoms with Crippen LogP contribution in [0.25, 0.3) is 22.4 Å². The maximum absolute atomic E-state index is 11.5. The van der Waals surface area contributed by atoms with E-state index in [1.165, 1.54) is 0 Å². The number of benzene rings is 2. The normalized spacial score (nSPS) is 10.9. The number of nitrogens with one attached hydrogen (secondary N) is 2. The van der Waals surface area contributed by atoms with Gasteiger partial charge in [-0.15, -0.1) is 0 Å². The molecule has 2 aromatic carbocycles. The molecular formula is C19H21N3O5. The molecule has 1 amide bonds. The second kappa shape index (κ2) is 9.13. The number of fused-ring (bicyclic) bond motifs is 1. The molecule has 3 rings (SSSR count). The summed E-state index contributed by atoms with van der Waals surface area (Å²) in [5.41, 5.74) is 4.24. The lowest BCUT2D eigenvalue weighted by Gasteiger charge is -2.08. The van der Waals surface area contributed by atoms with E-state index < -0.39 is 5.91 Å². The fourth-order valence-corrected chi connectivity index (χ4v) is 2.55. The van der Waals surface area contributed by atoms with Crippen LogP contribution in [-0.2, 0) is 9.47 Å². The van der Waals surface area contributed by atoms with E-state index in [0.29, 0.717) is 49.1 Å². The first-order valence-corrected chi connectivity index (χ1v) is 8.45. The first kappa shape index (κ1) is 18.8. The Morgan fingerprint density at radius 2 is 2.00 bits per heavy atom. The fourth-order valence-electron chi connectivity index (χ4n) is 2.55. The molecule has 27 heavy (non-hydrogen) atoms. The van der Waals surface area contributed by atoms with Crippen molar-refractivity contribution in [3.8, 4) is 17.1 Å². The number of ether oxygens (including phenoxy) is 3. The Labute approximate surface area is 156 Å². The van der Waals surface area contributed by atoms with Gasteiger partial charge in [0, 0.05) is 18.2 Å². The molecule has 8 heteroatoms. The number of aromatic amines is 1. The molecule has 1 heterocycles. The molecule has 0 radical (unpaired) electrons. The highest BCUT2D eigenvalue weighted by atomic mass is 16.5. The third kappa shape index (κ3) is 4.82. The zero-order valence-electron chi connectivity index (χ0n) is 14.9. The summed E-state index contributed by atoms with van der Waals surface area (Å²) in [7, 11) is 1.63. The Bertz CT molecular complexity index is 909. The largest absolute Gasteiger partial charge is 0.491 e. The van der Waals surface area contributed by atoms with Gasteiger partial charge in [0.1, 0.15) is 18.2 Å². The van der Waals surface area contributed by atoms with Crippen molar-refractivity contribution < 1.29 is 24.2 Å². The standard InChI is InChI=1S/C19H21N3O5/c1-25-7-8-26-9-10-27-15-4-2-3-13(11-15)18-20-16-6-5-14(19(23)22-24)12-17(16)21-18/h2-6,11-12,24H,7-10H2,1H3,(H,20,21)(H,22,23). The molecule has 0 unspecified atom stereocenters. The SMILES string of the molecule is COCCOCCOc1cccc(-c2nc3ccc(C(=O)NO)cc3[nH]2)c1. The van der Waals surface area contributed by atoms with Crippen molar-refractivity contribution in [1.82, 2.24) is 15.4 Å².